The Hall–Kier alpha value is -3.97. The van der Waals surface area contributed by atoms with E-state index in [2.05, 4.69) is 5.32 Å². The molecule has 3 N–H and O–H groups in total. The van der Waals surface area contributed by atoms with Gasteiger partial charge in [-0.15, -0.1) is 0 Å². The largest absolute Gasteiger partial charge is 0.465 e. The molecule has 0 unspecified atom stereocenters. The molecule has 0 fully saturated rings. The van der Waals surface area contributed by atoms with Crippen LogP contribution in [-0.2, 0) is 11.3 Å². The molecule has 0 amide bonds. The van der Waals surface area contributed by atoms with Crippen molar-refractivity contribution in [2.24, 2.45) is 5.73 Å². The zero-order chi connectivity index (χ0) is 22.7. The summed E-state index contributed by atoms with van der Waals surface area (Å²) in [7, 11) is 1.35. The summed E-state index contributed by atoms with van der Waals surface area (Å²) < 4.78 is 6.31. The molecule has 7 nitrogen and oxygen atoms in total. The lowest BCUT2D eigenvalue weighted by molar-refractivity contribution is 0.0600. The number of nitrogens with two attached hydrogens (primary N) is 1. The molecule has 0 aliphatic carbocycles. The maximum Gasteiger partial charge on any atom is 0.337 e. The van der Waals surface area contributed by atoms with E-state index in [1.54, 1.807) is 16.7 Å². The second kappa shape index (κ2) is 9.03. The minimum atomic E-state index is -0.419. The van der Waals surface area contributed by atoms with Gasteiger partial charge in [0.05, 0.1) is 35.3 Å². The van der Waals surface area contributed by atoms with E-state index in [1.165, 1.54) is 7.11 Å². The van der Waals surface area contributed by atoms with Crippen LogP contribution in [0.1, 0.15) is 34.7 Å². The lowest BCUT2D eigenvalue weighted by Gasteiger charge is -2.17. The van der Waals surface area contributed by atoms with Crippen molar-refractivity contribution in [2.45, 2.75) is 19.5 Å². The number of ether oxygens (including phenoxy) is 1. The number of aromatic nitrogens is 2. The maximum atomic E-state index is 13.6. The quantitative estimate of drug-likeness (QED) is 0.453. The highest BCUT2D eigenvalue weighted by Gasteiger charge is 2.17. The first-order valence-electron chi connectivity index (χ1n) is 10.3. The van der Waals surface area contributed by atoms with Gasteiger partial charge < -0.3 is 15.8 Å². The van der Waals surface area contributed by atoms with Gasteiger partial charge in [-0.05, 0) is 48.9 Å². The summed E-state index contributed by atoms with van der Waals surface area (Å²) in [5.41, 5.74) is 9.39. The Kier molecular flexibility index (Phi) is 6.00. The summed E-state index contributed by atoms with van der Waals surface area (Å²) in [6.07, 6.45) is 0. The number of methoxy groups -OCH3 is 1. The van der Waals surface area contributed by atoms with Crippen molar-refractivity contribution in [2.75, 3.05) is 12.4 Å². The zero-order valence-corrected chi connectivity index (χ0v) is 17.9. The lowest BCUT2D eigenvalue weighted by Crippen LogP contribution is -2.28. The van der Waals surface area contributed by atoms with Gasteiger partial charge in [-0.25, -0.2) is 9.78 Å². The van der Waals surface area contributed by atoms with Crippen LogP contribution in [0.15, 0.2) is 77.6 Å². The zero-order valence-electron chi connectivity index (χ0n) is 17.9. The number of nitrogens with zero attached hydrogens (tertiary/aromatic N) is 2. The molecule has 0 saturated carbocycles. The molecule has 1 heterocycles. The minimum Gasteiger partial charge on any atom is -0.465 e. The number of nitrogens with one attached hydrogen (secondary N) is 1. The molecule has 7 heteroatoms. The minimum absolute atomic E-state index is 0.183. The SMILES string of the molecule is COC(=O)c1ccc(CNc2cccc3nc([C@H](C)N)n(-c4ccccc4)c(=O)c23)cc1. The fourth-order valence-corrected chi connectivity index (χ4v) is 3.60. The summed E-state index contributed by atoms with van der Waals surface area (Å²) >= 11 is 0. The smallest absolute Gasteiger partial charge is 0.337 e. The molecule has 4 aromatic rings. The number of para-hydroxylation sites is 1. The molecular formula is C25H24N4O3. The van der Waals surface area contributed by atoms with E-state index in [0.29, 0.717) is 40.2 Å². The van der Waals surface area contributed by atoms with Crippen molar-refractivity contribution in [3.8, 4) is 5.69 Å². The topological polar surface area (TPSA) is 99.2 Å². The number of hydrogen-bond donors (Lipinski definition) is 2. The van der Waals surface area contributed by atoms with Gasteiger partial charge in [-0.3, -0.25) is 9.36 Å². The summed E-state index contributed by atoms with van der Waals surface area (Å²) in [6.45, 7) is 2.29. The third-order valence-corrected chi connectivity index (χ3v) is 5.20. The van der Waals surface area contributed by atoms with Crippen molar-refractivity contribution in [3.05, 3.63) is 100 Å². The van der Waals surface area contributed by atoms with Crippen LogP contribution in [0, 0.1) is 0 Å². The summed E-state index contributed by atoms with van der Waals surface area (Å²) in [6, 6.07) is 21.6. The van der Waals surface area contributed by atoms with E-state index < -0.39 is 6.04 Å². The Labute approximate surface area is 185 Å². The van der Waals surface area contributed by atoms with E-state index in [0.717, 1.165) is 5.56 Å². The highest BCUT2D eigenvalue weighted by atomic mass is 16.5. The number of hydrogen-bond acceptors (Lipinski definition) is 6. The average Bonchev–Trinajstić information content (AvgIpc) is 2.82. The van der Waals surface area contributed by atoms with E-state index in [-0.39, 0.29) is 11.5 Å². The standard InChI is InChI=1S/C25H24N4O3/c1-16(26)23-28-21-10-6-9-20(22(21)24(30)29(23)19-7-4-3-5-8-19)27-15-17-11-13-18(14-12-17)25(31)32-2/h3-14,16,27H,15,26H2,1-2H3/t16-/m0/s1. The van der Waals surface area contributed by atoms with Gasteiger partial charge in [0.2, 0.25) is 0 Å². The van der Waals surface area contributed by atoms with Crippen LogP contribution < -0.4 is 16.6 Å². The van der Waals surface area contributed by atoms with Crippen LogP contribution in [0.4, 0.5) is 5.69 Å². The van der Waals surface area contributed by atoms with E-state index in [9.17, 15) is 9.59 Å². The van der Waals surface area contributed by atoms with Gasteiger partial charge in [0.15, 0.2) is 0 Å². The van der Waals surface area contributed by atoms with E-state index in [1.807, 2.05) is 67.6 Å². The molecule has 4 rings (SSSR count). The highest BCUT2D eigenvalue weighted by Crippen LogP contribution is 2.23. The van der Waals surface area contributed by atoms with Crippen LogP contribution in [-0.4, -0.2) is 22.6 Å². The van der Waals surface area contributed by atoms with E-state index in [4.69, 9.17) is 15.5 Å². The molecule has 1 aromatic heterocycles. The van der Waals surface area contributed by atoms with Crippen LogP contribution in [0.25, 0.3) is 16.6 Å². The predicted molar refractivity (Wildman–Crippen MR) is 125 cm³/mol. The number of carbonyl (C=O) groups excluding carboxylic acids is 1. The van der Waals surface area contributed by atoms with Crippen molar-refractivity contribution < 1.29 is 9.53 Å². The fourth-order valence-electron chi connectivity index (χ4n) is 3.60. The first-order valence-corrected chi connectivity index (χ1v) is 10.3. The van der Waals surface area contributed by atoms with Gasteiger partial charge in [-0.2, -0.15) is 0 Å². The Morgan fingerprint density at radius 1 is 1.06 bits per heavy atom. The first-order chi connectivity index (χ1) is 15.5. The molecule has 0 saturated heterocycles. The summed E-state index contributed by atoms with van der Waals surface area (Å²) in [5, 5.41) is 3.83. The molecule has 0 bridgehead atoms. The molecule has 162 valence electrons. The predicted octanol–water partition coefficient (Wildman–Crippen LogP) is 3.80. The van der Waals surface area contributed by atoms with Gasteiger partial charge in [0.25, 0.3) is 5.56 Å². The second-order valence-corrected chi connectivity index (χ2v) is 7.48. The average molecular weight is 428 g/mol. The third-order valence-electron chi connectivity index (χ3n) is 5.20. The normalized spacial score (nSPS) is 11.8. The molecule has 1 atom stereocenters. The van der Waals surface area contributed by atoms with Gasteiger partial charge in [0, 0.05) is 12.2 Å². The molecule has 3 aromatic carbocycles. The van der Waals surface area contributed by atoms with E-state index >= 15 is 0 Å². The molecule has 0 radical (unpaired) electrons. The number of esters is 1. The number of rotatable bonds is 6. The van der Waals surface area contributed by atoms with Gasteiger partial charge >= 0.3 is 5.97 Å². The fraction of sp³-hybridized carbons (Fsp3) is 0.160. The van der Waals surface area contributed by atoms with Crippen molar-refractivity contribution in [1.29, 1.82) is 0 Å². The molecule has 0 spiro atoms. The molecule has 32 heavy (non-hydrogen) atoms. The number of fused-ring (bicyclic) bond motifs is 1. The number of anilines is 1. The summed E-state index contributed by atoms with van der Waals surface area (Å²) in [4.78, 5) is 30.0. The summed E-state index contributed by atoms with van der Waals surface area (Å²) in [5.74, 6) is 0.125. The Morgan fingerprint density at radius 3 is 2.44 bits per heavy atom. The lowest BCUT2D eigenvalue weighted by atomic mass is 10.1. The number of carbonyl (C=O) groups is 1. The van der Waals surface area contributed by atoms with Crippen LogP contribution >= 0.6 is 0 Å². The Morgan fingerprint density at radius 2 is 1.78 bits per heavy atom. The first kappa shape index (κ1) is 21.3. The monoisotopic (exact) mass is 428 g/mol. The molecule has 0 aliphatic heterocycles. The highest BCUT2D eigenvalue weighted by molar-refractivity contribution is 5.91. The van der Waals surface area contributed by atoms with Crippen LogP contribution in [0.3, 0.4) is 0 Å². The molecular weight excluding hydrogens is 404 g/mol. The van der Waals surface area contributed by atoms with Crippen LogP contribution in [0.2, 0.25) is 0 Å². The van der Waals surface area contributed by atoms with Crippen LogP contribution in [0.5, 0.6) is 0 Å². The van der Waals surface area contributed by atoms with Crippen molar-refractivity contribution in [3.63, 3.8) is 0 Å². The second-order valence-electron chi connectivity index (χ2n) is 7.48. The Bertz CT molecular complexity index is 1310. The van der Waals surface area contributed by atoms with Gasteiger partial charge in [0.1, 0.15) is 5.82 Å². The number of benzene rings is 3. The van der Waals surface area contributed by atoms with Gasteiger partial charge in [-0.1, -0.05) is 36.4 Å². The van der Waals surface area contributed by atoms with Crippen molar-refractivity contribution in [1.82, 2.24) is 9.55 Å². The molecule has 0 aliphatic rings. The maximum absolute atomic E-state index is 13.6. The Balaban J connectivity index is 1.74. The van der Waals surface area contributed by atoms with Crippen molar-refractivity contribution >= 4 is 22.6 Å². The third kappa shape index (κ3) is 4.10.